The van der Waals surface area contributed by atoms with Crippen LogP contribution in [0.2, 0.25) is 5.02 Å². The minimum atomic E-state index is -1.21. The molecular formula is C11H13ClN2O4. The Balaban J connectivity index is 2.61. The van der Waals surface area contributed by atoms with Crippen LogP contribution in [-0.2, 0) is 4.79 Å². The van der Waals surface area contributed by atoms with Crippen LogP contribution in [-0.4, -0.2) is 34.9 Å². The molecule has 1 aromatic carbocycles. The number of carboxylic acid groups (broad SMARTS) is 1. The lowest BCUT2D eigenvalue weighted by Gasteiger charge is -2.14. The number of carboxylic acids is 1. The minimum absolute atomic E-state index is 0.0642. The van der Waals surface area contributed by atoms with Gasteiger partial charge in [0.2, 0.25) is 0 Å². The smallest absolute Gasteiger partial charge is 0.326 e. The van der Waals surface area contributed by atoms with E-state index in [1.54, 1.807) is 24.3 Å². The Kier molecular flexibility index (Phi) is 5.41. The highest BCUT2D eigenvalue weighted by atomic mass is 35.5. The molecule has 0 aliphatic carbocycles. The predicted molar refractivity (Wildman–Crippen MR) is 66.7 cm³/mol. The number of halogens is 1. The van der Waals surface area contributed by atoms with Gasteiger partial charge in [-0.25, -0.2) is 9.59 Å². The number of carbonyl (C=O) groups excluding carboxylic acids is 1. The Hall–Kier alpha value is -1.79. The second-order valence-electron chi connectivity index (χ2n) is 3.48. The molecule has 7 heteroatoms. The molecule has 1 aromatic rings. The molecule has 0 bridgehead atoms. The molecule has 0 fully saturated rings. The molecule has 1 atom stereocenters. The Morgan fingerprint density at radius 3 is 2.56 bits per heavy atom. The van der Waals surface area contributed by atoms with Crippen LogP contribution < -0.4 is 10.6 Å². The third kappa shape index (κ3) is 4.23. The van der Waals surface area contributed by atoms with Gasteiger partial charge in [0.1, 0.15) is 6.04 Å². The highest BCUT2D eigenvalue weighted by molar-refractivity contribution is 6.33. The topological polar surface area (TPSA) is 98.7 Å². The molecule has 4 N–H and O–H groups in total. The van der Waals surface area contributed by atoms with Gasteiger partial charge in [0.25, 0.3) is 0 Å². The van der Waals surface area contributed by atoms with Gasteiger partial charge >= 0.3 is 12.0 Å². The zero-order valence-corrected chi connectivity index (χ0v) is 10.1. The molecular weight excluding hydrogens is 260 g/mol. The fourth-order valence-corrected chi connectivity index (χ4v) is 1.45. The van der Waals surface area contributed by atoms with E-state index in [0.29, 0.717) is 10.7 Å². The summed E-state index contributed by atoms with van der Waals surface area (Å²) in [6.45, 7) is -0.330. The van der Waals surface area contributed by atoms with E-state index in [9.17, 15) is 9.59 Å². The fourth-order valence-electron chi connectivity index (χ4n) is 1.27. The molecule has 1 rings (SSSR count). The normalized spacial score (nSPS) is 11.7. The van der Waals surface area contributed by atoms with Gasteiger partial charge in [0, 0.05) is 13.0 Å². The highest BCUT2D eigenvalue weighted by Crippen LogP contribution is 2.20. The number of aliphatic carboxylic acids is 1. The lowest BCUT2D eigenvalue weighted by atomic mass is 10.2. The van der Waals surface area contributed by atoms with Crippen LogP contribution in [0.5, 0.6) is 0 Å². The second kappa shape index (κ2) is 6.83. The van der Waals surface area contributed by atoms with Gasteiger partial charge in [0.15, 0.2) is 0 Å². The molecule has 0 radical (unpaired) electrons. The molecule has 2 amide bonds. The zero-order valence-electron chi connectivity index (χ0n) is 9.39. The van der Waals surface area contributed by atoms with Crippen molar-refractivity contribution in [1.82, 2.24) is 5.32 Å². The van der Waals surface area contributed by atoms with Crippen molar-refractivity contribution < 1.29 is 19.8 Å². The number of para-hydroxylation sites is 1. The summed E-state index contributed by atoms with van der Waals surface area (Å²) >= 11 is 5.83. The number of carbonyl (C=O) groups is 2. The summed E-state index contributed by atoms with van der Waals surface area (Å²) in [6, 6.07) is 4.74. The Morgan fingerprint density at radius 1 is 1.33 bits per heavy atom. The molecule has 0 aromatic heterocycles. The Morgan fingerprint density at radius 2 is 2.00 bits per heavy atom. The second-order valence-corrected chi connectivity index (χ2v) is 3.89. The monoisotopic (exact) mass is 272 g/mol. The average molecular weight is 273 g/mol. The predicted octanol–water partition coefficient (Wildman–Crippen LogP) is 1.30. The number of urea groups is 1. The maximum Gasteiger partial charge on any atom is 0.326 e. The van der Waals surface area contributed by atoms with E-state index in [-0.39, 0.29) is 13.0 Å². The lowest BCUT2D eigenvalue weighted by Crippen LogP contribution is -2.43. The van der Waals surface area contributed by atoms with E-state index < -0.39 is 18.0 Å². The molecule has 98 valence electrons. The molecule has 0 spiro atoms. The standard InChI is InChI=1S/C11H13ClN2O4/c12-7-3-1-2-4-8(7)13-11(18)14-9(5-6-15)10(16)17/h1-4,9,15H,5-6H2,(H,16,17)(H2,13,14,18)/t9-/m0/s1. The minimum Gasteiger partial charge on any atom is -0.480 e. The number of hydrogen-bond acceptors (Lipinski definition) is 3. The van der Waals surface area contributed by atoms with Gasteiger partial charge in [0.05, 0.1) is 10.7 Å². The molecule has 0 saturated carbocycles. The number of hydrogen-bond donors (Lipinski definition) is 4. The maximum absolute atomic E-state index is 11.5. The maximum atomic E-state index is 11.5. The van der Waals surface area contributed by atoms with Gasteiger partial charge in [-0.15, -0.1) is 0 Å². The molecule has 0 heterocycles. The van der Waals surface area contributed by atoms with Crippen LogP contribution in [0.3, 0.4) is 0 Å². The number of rotatable bonds is 5. The fraction of sp³-hybridized carbons (Fsp3) is 0.273. The van der Waals surface area contributed by atoms with Crippen molar-refractivity contribution in [3.8, 4) is 0 Å². The summed E-state index contributed by atoms with van der Waals surface area (Å²) in [7, 11) is 0. The van der Waals surface area contributed by atoms with Crippen LogP contribution in [0.4, 0.5) is 10.5 Å². The van der Waals surface area contributed by atoms with Crippen LogP contribution in [0.15, 0.2) is 24.3 Å². The van der Waals surface area contributed by atoms with E-state index in [1.165, 1.54) is 0 Å². The van der Waals surface area contributed by atoms with Gasteiger partial charge in [-0.3, -0.25) is 0 Å². The Labute approximate surface area is 109 Å². The lowest BCUT2D eigenvalue weighted by molar-refractivity contribution is -0.139. The third-order valence-corrected chi connectivity index (χ3v) is 2.47. The molecule has 0 aliphatic rings. The van der Waals surface area contributed by atoms with Crippen molar-refractivity contribution in [3.05, 3.63) is 29.3 Å². The Bertz CT molecular complexity index is 439. The molecule has 0 saturated heterocycles. The van der Waals surface area contributed by atoms with Crippen molar-refractivity contribution in [2.45, 2.75) is 12.5 Å². The van der Waals surface area contributed by atoms with Crippen LogP contribution in [0.25, 0.3) is 0 Å². The van der Waals surface area contributed by atoms with Crippen molar-refractivity contribution in [3.63, 3.8) is 0 Å². The molecule has 18 heavy (non-hydrogen) atoms. The summed E-state index contributed by atoms with van der Waals surface area (Å²) in [5.74, 6) is -1.21. The first-order valence-electron chi connectivity index (χ1n) is 5.20. The first-order valence-corrected chi connectivity index (χ1v) is 5.58. The zero-order chi connectivity index (χ0) is 13.5. The number of benzene rings is 1. The van der Waals surface area contributed by atoms with Gasteiger partial charge in [-0.1, -0.05) is 23.7 Å². The third-order valence-electron chi connectivity index (χ3n) is 2.14. The van der Waals surface area contributed by atoms with Crippen molar-refractivity contribution in [2.75, 3.05) is 11.9 Å². The average Bonchev–Trinajstić information content (AvgIpc) is 2.31. The molecule has 0 unspecified atom stereocenters. The van der Waals surface area contributed by atoms with E-state index in [2.05, 4.69) is 10.6 Å². The van der Waals surface area contributed by atoms with Crippen molar-refractivity contribution in [2.24, 2.45) is 0 Å². The van der Waals surface area contributed by atoms with Gasteiger partial charge < -0.3 is 20.8 Å². The van der Waals surface area contributed by atoms with E-state index in [4.69, 9.17) is 21.8 Å². The largest absolute Gasteiger partial charge is 0.480 e. The van der Waals surface area contributed by atoms with Crippen molar-refractivity contribution >= 4 is 29.3 Å². The number of aliphatic hydroxyl groups is 1. The summed E-state index contributed by atoms with van der Waals surface area (Å²) in [5, 5.41) is 22.5. The summed E-state index contributed by atoms with van der Waals surface area (Å²) in [6.07, 6.45) is -0.0642. The summed E-state index contributed by atoms with van der Waals surface area (Å²) < 4.78 is 0. The van der Waals surface area contributed by atoms with Crippen LogP contribution in [0, 0.1) is 0 Å². The summed E-state index contributed by atoms with van der Waals surface area (Å²) in [5.41, 5.74) is 0.379. The number of nitrogens with one attached hydrogen (secondary N) is 2. The quantitative estimate of drug-likeness (QED) is 0.649. The van der Waals surface area contributed by atoms with Gasteiger partial charge in [-0.2, -0.15) is 0 Å². The number of amides is 2. The summed E-state index contributed by atoms with van der Waals surface area (Å²) in [4.78, 5) is 22.3. The van der Waals surface area contributed by atoms with Crippen molar-refractivity contribution in [1.29, 1.82) is 0 Å². The molecule has 0 aliphatic heterocycles. The van der Waals surface area contributed by atoms with E-state index in [1.807, 2.05) is 0 Å². The first-order chi connectivity index (χ1) is 8.54. The van der Waals surface area contributed by atoms with E-state index in [0.717, 1.165) is 0 Å². The number of anilines is 1. The first kappa shape index (κ1) is 14.3. The van der Waals surface area contributed by atoms with Gasteiger partial charge in [-0.05, 0) is 12.1 Å². The number of aliphatic hydroxyl groups excluding tert-OH is 1. The SMILES string of the molecule is O=C(Nc1ccccc1Cl)N[C@@H](CCO)C(=O)O. The molecule has 6 nitrogen and oxygen atoms in total. The van der Waals surface area contributed by atoms with Crippen LogP contribution in [0.1, 0.15) is 6.42 Å². The van der Waals surface area contributed by atoms with Crippen LogP contribution >= 0.6 is 11.6 Å². The van der Waals surface area contributed by atoms with E-state index >= 15 is 0 Å². The highest BCUT2D eigenvalue weighted by Gasteiger charge is 2.19.